The molecule has 1 aliphatic rings. The minimum absolute atomic E-state index is 0.0706. The number of carbonyl (C=O) groups is 1. The van der Waals surface area contributed by atoms with E-state index in [9.17, 15) is 4.79 Å². The summed E-state index contributed by atoms with van der Waals surface area (Å²) in [5.41, 5.74) is -0.145. The Morgan fingerprint density at radius 1 is 1.13 bits per heavy atom. The van der Waals surface area contributed by atoms with Gasteiger partial charge in [-0.25, -0.2) is 0 Å². The van der Waals surface area contributed by atoms with Gasteiger partial charge < -0.3 is 0 Å². The zero-order valence-electron chi connectivity index (χ0n) is 9.86. The van der Waals surface area contributed by atoms with Gasteiger partial charge in [-0.15, -0.1) is 0 Å². The van der Waals surface area contributed by atoms with Crippen LogP contribution < -0.4 is 0 Å². The second kappa shape index (κ2) is 6.52. The van der Waals surface area contributed by atoms with Crippen LogP contribution in [0.25, 0.3) is 0 Å². The van der Waals surface area contributed by atoms with E-state index in [4.69, 9.17) is 11.6 Å². The highest BCUT2D eigenvalue weighted by Crippen LogP contribution is 2.42. The predicted molar refractivity (Wildman–Crippen MR) is 65.1 cm³/mol. The van der Waals surface area contributed by atoms with E-state index in [0.29, 0.717) is 0 Å². The number of rotatable bonds is 6. The third kappa shape index (κ3) is 3.79. The van der Waals surface area contributed by atoms with E-state index >= 15 is 0 Å². The van der Waals surface area contributed by atoms with Crippen LogP contribution >= 0.6 is 11.6 Å². The molecule has 1 aliphatic carbocycles. The normalized spacial score (nSPS) is 20.1. The highest BCUT2D eigenvalue weighted by Gasteiger charge is 2.37. The molecule has 0 aromatic carbocycles. The molecule has 88 valence electrons. The van der Waals surface area contributed by atoms with Gasteiger partial charge in [-0.3, -0.25) is 4.79 Å². The van der Waals surface area contributed by atoms with Crippen LogP contribution in [-0.4, -0.2) is 5.24 Å². The van der Waals surface area contributed by atoms with E-state index in [0.717, 1.165) is 19.3 Å². The van der Waals surface area contributed by atoms with Crippen molar-refractivity contribution in [2.75, 3.05) is 0 Å². The van der Waals surface area contributed by atoms with Gasteiger partial charge in [0.05, 0.1) is 0 Å². The number of hydrogen-bond donors (Lipinski definition) is 0. The number of hydrogen-bond acceptors (Lipinski definition) is 1. The van der Waals surface area contributed by atoms with Crippen molar-refractivity contribution in [1.82, 2.24) is 0 Å². The molecule has 1 rings (SSSR count). The fourth-order valence-electron chi connectivity index (χ4n) is 2.66. The summed E-state index contributed by atoms with van der Waals surface area (Å²) >= 11 is 5.79. The lowest BCUT2D eigenvalue weighted by atomic mass is 9.72. The number of unbranched alkanes of at least 4 members (excludes halogenated alkanes) is 3. The Balaban J connectivity index is 2.39. The molecule has 15 heavy (non-hydrogen) atoms. The van der Waals surface area contributed by atoms with Gasteiger partial charge in [-0.2, -0.15) is 0 Å². The van der Waals surface area contributed by atoms with E-state index in [2.05, 4.69) is 6.92 Å². The Hall–Kier alpha value is -0.0400. The molecule has 0 aromatic heterocycles. The van der Waals surface area contributed by atoms with E-state index in [-0.39, 0.29) is 10.7 Å². The van der Waals surface area contributed by atoms with Crippen LogP contribution in [0.4, 0.5) is 0 Å². The number of halogens is 1. The van der Waals surface area contributed by atoms with Gasteiger partial charge in [0.25, 0.3) is 0 Å². The van der Waals surface area contributed by atoms with Gasteiger partial charge in [0, 0.05) is 5.41 Å². The fraction of sp³-hybridized carbons (Fsp3) is 0.923. The highest BCUT2D eigenvalue weighted by atomic mass is 35.5. The number of carbonyl (C=O) groups excluding carboxylic acids is 1. The zero-order chi connectivity index (χ0) is 11.1. The van der Waals surface area contributed by atoms with E-state index < -0.39 is 0 Å². The van der Waals surface area contributed by atoms with Crippen molar-refractivity contribution in [1.29, 1.82) is 0 Å². The largest absolute Gasteiger partial charge is 0.281 e. The third-order valence-electron chi connectivity index (χ3n) is 3.74. The first-order valence-electron chi connectivity index (χ1n) is 6.41. The monoisotopic (exact) mass is 230 g/mol. The Morgan fingerprint density at radius 3 is 2.33 bits per heavy atom. The smallest absolute Gasteiger partial charge is 0.227 e. The van der Waals surface area contributed by atoms with Crippen LogP contribution in [0.15, 0.2) is 0 Å². The zero-order valence-corrected chi connectivity index (χ0v) is 10.6. The molecule has 0 aromatic rings. The van der Waals surface area contributed by atoms with Crippen molar-refractivity contribution in [3.8, 4) is 0 Å². The summed E-state index contributed by atoms with van der Waals surface area (Å²) in [6.45, 7) is 2.21. The molecule has 1 fully saturated rings. The van der Waals surface area contributed by atoms with Crippen LogP contribution in [0.5, 0.6) is 0 Å². The molecule has 1 saturated carbocycles. The van der Waals surface area contributed by atoms with Crippen LogP contribution in [0.3, 0.4) is 0 Å². The molecule has 0 atom stereocenters. The molecule has 0 saturated heterocycles. The molecular formula is C13H23ClO. The summed E-state index contributed by atoms with van der Waals surface area (Å²) in [5, 5.41) is -0.0706. The summed E-state index contributed by atoms with van der Waals surface area (Å²) in [6, 6.07) is 0. The summed E-state index contributed by atoms with van der Waals surface area (Å²) in [5.74, 6) is 0. The molecule has 0 amide bonds. The minimum Gasteiger partial charge on any atom is -0.281 e. The lowest BCUT2D eigenvalue weighted by molar-refractivity contribution is -0.122. The van der Waals surface area contributed by atoms with Crippen molar-refractivity contribution in [3.63, 3.8) is 0 Å². The highest BCUT2D eigenvalue weighted by molar-refractivity contribution is 6.64. The van der Waals surface area contributed by atoms with Crippen molar-refractivity contribution in [3.05, 3.63) is 0 Å². The van der Waals surface area contributed by atoms with Gasteiger partial charge in [0.15, 0.2) is 0 Å². The second-order valence-corrected chi connectivity index (χ2v) is 5.27. The quantitative estimate of drug-likeness (QED) is 0.479. The summed E-state index contributed by atoms with van der Waals surface area (Å²) < 4.78 is 0. The average molecular weight is 231 g/mol. The Morgan fingerprint density at radius 2 is 1.80 bits per heavy atom. The standard InChI is InChI=1S/C13H23ClO/c1-2-3-4-6-9-13(12(14)15)10-7-5-8-11-13/h2-11H2,1H3. The third-order valence-corrected chi connectivity index (χ3v) is 4.14. The molecule has 0 N–H and O–H groups in total. The maximum atomic E-state index is 11.5. The van der Waals surface area contributed by atoms with Gasteiger partial charge in [0.1, 0.15) is 0 Å². The Labute approximate surface area is 98.6 Å². The van der Waals surface area contributed by atoms with Gasteiger partial charge in [-0.1, -0.05) is 51.9 Å². The van der Waals surface area contributed by atoms with Crippen LogP contribution in [0.2, 0.25) is 0 Å². The topological polar surface area (TPSA) is 17.1 Å². The van der Waals surface area contributed by atoms with E-state index in [1.165, 1.54) is 44.9 Å². The SMILES string of the molecule is CCCCCCC1(C(=O)Cl)CCCCC1. The second-order valence-electron chi connectivity index (χ2n) is 4.93. The molecule has 0 spiro atoms. The minimum atomic E-state index is -0.145. The average Bonchev–Trinajstić information content (AvgIpc) is 2.26. The lowest BCUT2D eigenvalue weighted by Crippen LogP contribution is -2.30. The first-order chi connectivity index (χ1) is 7.21. The lowest BCUT2D eigenvalue weighted by Gasteiger charge is -2.33. The Bertz CT molecular complexity index is 195. The summed E-state index contributed by atoms with van der Waals surface area (Å²) in [4.78, 5) is 11.5. The molecule has 2 heteroatoms. The molecule has 0 unspecified atom stereocenters. The maximum Gasteiger partial charge on any atom is 0.227 e. The molecular weight excluding hydrogens is 208 g/mol. The van der Waals surface area contributed by atoms with Crippen molar-refractivity contribution < 1.29 is 4.79 Å². The molecule has 0 radical (unpaired) electrons. The van der Waals surface area contributed by atoms with Gasteiger partial charge >= 0.3 is 0 Å². The first kappa shape index (κ1) is 13.0. The Kier molecular flexibility index (Phi) is 5.66. The van der Waals surface area contributed by atoms with Crippen molar-refractivity contribution in [2.24, 2.45) is 5.41 Å². The van der Waals surface area contributed by atoms with Crippen LogP contribution in [-0.2, 0) is 4.79 Å². The molecule has 0 bridgehead atoms. The molecule has 1 nitrogen and oxygen atoms in total. The predicted octanol–water partition coefficient (Wildman–Crippen LogP) is 4.67. The van der Waals surface area contributed by atoms with Crippen LogP contribution in [0.1, 0.15) is 71.1 Å². The van der Waals surface area contributed by atoms with E-state index in [1.54, 1.807) is 0 Å². The molecule has 0 aliphatic heterocycles. The summed E-state index contributed by atoms with van der Waals surface area (Å²) in [7, 11) is 0. The van der Waals surface area contributed by atoms with E-state index in [1.807, 2.05) is 0 Å². The van der Waals surface area contributed by atoms with Gasteiger partial charge in [0.2, 0.25) is 5.24 Å². The molecule has 0 heterocycles. The van der Waals surface area contributed by atoms with Crippen LogP contribution in [0, 0.1) is 5.41 Å². The maximum absolute atomic E-state index is 11.5. The summed E-state index contributed by atoms with van der Waals surface area (Å²) in [6.07, 6.45) is 11.7. The van der Waals surface area contributed by atoms with Gasteiger partial charge in [-0.05, 0) is 30.9 Å². The fourth-order valence-corrected chi connectivity index (χ4v) is 2.95. The van der Waals surface area contributed by atoms with Crippen molar-refractivity contribution in [2.45, 2.75) is 71.1 Å². The first-order valence-corrected chi connectivity index (χ1v) is 6.79. The van der Waals surface area contributed by atoms with Crippen molar-refractivity contribution >= 4 is 16.8 Å².